The van der Waals surface area contributed by atoms with Crippen LogP contribution in [0.15, 0.2) is 5.16 Å². The molecule has 0 radical (unpaired) electrons. The molecule has 0 N–H and O–H groups in total. The standard InChI is InChI=1S/C20H36BNO5/c1-5-16(22-25-4)10-15-21-26-17(19(23-2)11-6-7-12-19)18(27-21)20(24-3)13-8-9-14-20/h17-18H,5-15H2,1-4H3/b22-16-/t17-,18-/m0/s1. The van der Waals surface area contributed by atoms with Crippen LogP contribution in [-0.2, 0) is 23.6 Å². The maximum atomic E-state index is 6.54. The molecule has 0 aromatic carbocycles. The van der Waals surface area contributed by atoms with Crippen molar-refractivity contribution in [2.45, 2.75) is 101 Å². The number of hydrogen-bond acceptors (Lipinski definition) is 6. The minimum absolute atomic E-state index is 0.0718. The molecule has 2 saturated carbocycles. The number of rotatable bonds is 9. The maximum absolute atomic E-state index is 6.54. The smallest absolute Gasteiger partial charge is 0.403 e. The summed E-state index contributed by atoms with van der Waals surface area (Å²) in [5.41, 5.74) is 0.540. The van der Waals surface area contributed by atoms with Crippen LogP contribution in [0.3, 0.4) is 0 Å². The van der Waals surface area contributed by atoms with Gasteiger partial charge in [-0.1, -0.05) is 37.8 Å². The Morgan fingerprint density at radius 2 is 1.41 bits per heavy atom. The van der Waals surface area contributed by atoms with Gasteiger partial charge in [0.05, 0.1) is 29.1 Å². The molecule has 3 rings (SSSR count). The van der Waals surface area contributed by atoms with Crippen molar-refractivity contribution >= 4 is 12.8 Å². The van der Waals surface area contributed by atoms with Gasteiger partial charge in [0.2, 0.25) is 0 Å². The topological polar surface area (TPSA) is 58.5 Å². The van der Waals surface area contributed by atoms with Gasteiger partial charge in [-0.3, -0.25) is 0 Å². The zero-order valence-corrected chi connectivity index (χ0v) is 17.5. The van der Waals surface area contributed by atoms with Crippen LogP contribution < -0.4 is 0 Å². The number of nitrogens with zero attached hydrogens (tertiary/aromatic N) is 1. The lowest BCUT2D eigenvalue weighted by Crippen LogP contribution is -2.56. The molecule has 3 fully saturated rings. The molecule has 3 aliphatic rings. The first-order valence-electron chi connectivity index (χ1n) is 10.6. The highest BCUT2D eigenvalue weighted by atomic mass is 16.7. The van der Waals surface area contributed by atoms with Crippen molar-refractivity contribution in [3.8, 4) is 0 Å². The predicted octanol–water partition coefficient (Wildman–Crippen LogP) is 3.98. The van der Waals surface area contributed by atoms with E-state index in [0.717, 1.165) is 50.6 Å². The Kier molecular flexibility index (Phi) is 7.22. The molecule has 7 heteroatoms. The molecule has 1 saturated heterocycles. The Bertz CT molecular complexity index is 471. The molecule has 0 aromatic rings. The summed E-state index contributed by atoms with van der Waals surface area (Å²) >= 11 is 0. The van der Waals surface area contributed by atoms with Crippen LogP contribution >= 0.6 is 0 Å². The van der Waals surface area contributed by atoms with Crippen LogP contribution in [0.5, 0.6) is 0 Å². The minimum atomic E-state index is -0.248. The molecular formula is C20H36BNO5. The Balaban J connectivity index is 1.77. The Morgan fingerprint density at radius 3 is 1.78 bits per heavy atom. The van der Waals surface area contributed by atoms with Gasteiger partial charge >= 0.3 is 7.12 Å². The lowest BCUT2D eigenvalue weighted by Gasteiger charge is -2.43. The van der Waals surface area contributed by atoms with Crippen molar-refractivity contribution < 1.29 is 23.6 Å². The van der Waals surface area contributed by atoms with Crippen LogP contribution in [-0.4, -0.2) is 57.6 Å². The molecule has 6 nitrogen and oxygen atoms in total. The van der Waals surface area contributed by atoms with Gasteiger partial charge in [0.15, 0.2) is 0 Å². The molecule has 0 aromatic heterocycles. The summed E-state index contributed by atoms with van der Waals surface area (Å²) in [5.74, 6) is 0. The molecular weight excluding hydrogens is 345 g/mol. The fourth-order valence-electron chi connectivity index (χ4n) is 5.29. The van der Waals surface area contributed by atoms with E-state index in [9.17, 15) is 0 Å². The first kappa shape index (κ1) is 21.1. The largest absolute Gasteiger partial charge is 0.458 e. The van der Waals surface area contributed by atoms with E-state index < -0.39 is 0 Å². The molecule has 2 atom stereocenters. The van der Waals surface area contributed by atoms with Gasteiger partial charge in [0.1, 0.15) is 7.11 Å². The third-order valence-electron chi connectivity index (χ3n) is 6.92. The summed E-state index contributed by atoms with van der Waals surface area (Å²) < 4.78 is 25.3. The summed E-state index contributed by atoms with van der Waals surface area (Å²) in [6, 6.07) is 0. The Hall–Kier alpha value is -0.625. The maximum Gasteiger partial charge on any atom is 0.458 e. The summed E-state index contributed by atoms with van der Waals surface area (Å²) in [5, 5.41) is 4.11. The third kappa shape index (κ3) is 4.21. The molecule has 27 heavy (non-hydrogen) atoms. The van der Waals surface area contributed by atoms with E-state index in [1.807, 2.05) is 14.2 Å². The second kappa shape index (κ2) is 9.25. The van der Waals surface area contributed by atoms with Gasteiger partial charge in [-0.2, -0.15) is 0 Å². The monoisotopic (exact) mass is 381 g/mol. The van der Waals surface area contributed by atoms with Gasteiger partial charge in [-0.15, -0.1) is 0 Å². The van der Waals surface area contributed by atoms with Gasteiger partial charge in [0, 0.05) is 14.2 Å². The Labute approximate surface area is 164 Å². The van der Waals surface area contributed by atoms with Crippen LogP contribution in [0.2, 0.25) is 6.32 Å². The van der Waals surface area contributed by atoms with Crippen LogP contribution in [0.4, 0.5) is 0 Å². The first-order chi connectivity index (χ1) is 13.1. The lowest BCUT2D eigenvalue weighted by atomic mass is 9.81. The van der Waals surface area contributed by atoms with Crippen LogP contribution in [0.25, 0.3) is 0 Å². The quantitative estimate of drug-likeness (QED) is 0.344. The summed E-state index contributed by atoms with van der Waals surface area (Å²) in [6.45, 7) is 2.09. The van der Waals surface area contributed by atoms with Crippen molar-refractivity contribution in [1.29, 1.82) is 0 Å². The number of oxime groups is 1. The van der Waals surface area contributed by atoms with E-state index in [-0.39, 0.29) is 30.5 Å². The van der Waals surface area contributed by atoms with Crippen molar-refractivity contribution in [2.75, 3.05) is 21.3 Å². The fourth-order valence-corrected chi connectivity index (χ4v) is 5.29. The van der Waals surface area contributed by atoms with Gasteiger partial charge < -0.3 is 23.6 Å². The molecule has 1 aliphatic heterocycles. The number of ether oxygens (including phenoxy) is 2. The fraction of sp³-hybridized carbons (Fsp3) is 0.950. The summed E-state index contributed by atoms with van der Waals surface area (Å²) in [4.78, 5) is 4.95. The first-order valence-corrected chi connectivity index (χ1v) is 10.6. The zero-order valence-electron chi connectivity index (χ0n) is 17.5. The third-order valence-corrected chi connectivity index (χ3v) is 6.92. The van der Waals surface area contributed by atoms with E-state index in [1.54, 1.807) is 7.11 Å². The molecule has 1 heterocycles. The van der Waals surface area contributed by atoms with Crippen molar-refractivity contribution in [1.82, 2.24) is 0 Å². The van der Waals surface area contributed by atoms with Gasteiger partial charge in [-0.25, -0.2) is 0 Å². The lowest BCUT2D eigenvalue weighted by molar-refractivity contribution is -0.153. The van der Waals surface area contributed by atoms with Gasteiger partial charge in [0.25, 0.3) is 0 Å². The average Bonchev–Trinajstić information content (AvgIpc) is 3.44. The summed E-state index contributed by atoms with van der Waals surface area (Å²) in [7, 11) is 5.00. The molecule has 154 valence electrons. The molecule has 0 amide bonds. The molecule has 2 aliphatic carbocycles. The summed E-state index contributed by atoms with van der Waals surface area (Å²) in [6.07, 6.45) is 11.2. The SMILES string of the molecule is CC/C(CCB1O[C@H](C2(OC)CCCC2)[C@@H](C2(OC)CCCC2)O1)=N/OC. The van der Waals surface area contributed by atoms with Crippen molar-refractivity contribution in [2.24, 2.45) is 5.16 Å². The zero-order chi connectivity index (χ0) is 19.3. The Morgan fingerprint density at radius 1 is 0.926 bits per heavy atom. The molecule has 0 bridgehead atoms. The van der Waals surface area contributed by atoms with E-state index in [4.69, 9.17) is 23.6 Å². The van der Waals surface area contributed by atoms with E-state index in [2.05, 4.69) is 12.1 Å². The van der Waals surface area contributed by atoms with Crippen molar-refractivity contribution in [3.63, 3.8) is 0 Å². The van der Waals surface area contributed by atoms with Gasteiger partial charge in [-0.05, 0) is 44.8 Å². The highest BCUT2D eigenvalue weighted by molar-refractivity contribution is 6.45. The van der Waals surface area contributed by atoms with E-state index >= 15 is 0 Å². The number of methoxy groups -OCH3 is 2. The second-order valence-electron chi connectivity index (χ2n) is 8.23. The molecule has 0 unspecified atom stereocenters. The highest BCUT2D eigenvalue weighted by Gasteiger charge is 2.59. The normalized spacial score (nSPS) is 30.2. The average molecular weight is 381 g/mol. The van der Waals surface area contributed by atoms with Crippen LogP contribution in [0, 0.1) is 0 Å². The van der Waals surface area contributed by atoms with Crippen molar-refractivity contribution in [3.05, 3.63) is 0 Å². The number of hydrogen-bond donors (Lipinski definition) is 0. The highest BCUT2D eigenvalue weighted by Crippen LogP contribution is 2.48. The molecule has 0 spiro atoms. The van der Waals surface area contributed by atoms with Crippen LogP contribution in [0.1, 0.15) is 71.1 Å². The van der Waals surface area contributed by atoms with E-state index in [0.29, 0.717) is 0 Å². The van der Waals surface area contributed by atoms with E-state index in [1.165, 1.54) is 25.7 Å². The minimum Gasteiger partial charge on any atom is -0.403 e. The predicted molar refractivity (Wildman–Crippen MR) is 106 cm³/mol. The second-order valence-corrected chi connectivity index (χ2v) is 8.23.